The van der Waals surface area contributed by atoms with Crippen LogP contribution in [0.2, 0.25) is 5.02 Å². The number of amides is 1. The summed E-state index contributed by atoms with van der Waals surface area (Å²) >= 11 is 5.98. The average molecular weight is 502 g/mol. The van der Waals surface area contributed by atoms with Crippen molar-refractivity contribution in [2.45, 2.75) is 31.8 Å². The number of aromatic nitrogens is 2. The minimum Gasteiger partial charge on any atom is -0.467 e. The first kappa shape index (κ1) is 24.8. The molecule has 184 valence electrons. The summed E-state index contributed by atoms with van der Waals surface area (Å²) in [5.74, 6) is -1.99. The Kier molecular flexibility index (Phi) is 7.18. The van der Waals surface area contributed by atoms with Crippen LogP contribution in [-0.4, -0.2) is 40.9 Å². The zero-order valence-corrected chi connectivity index (χ0v) is 20.1. The van der Waals surface area contributed by atoms with Crippen LogP contribution in [0.25, 0.3) is 11.3 Å². The fraction of sp³-hybridized carbons (Fsp3) is 0.320. The van der Waals surface area contributed by atoms with Gasteiger partial charge in [0, 0.05) is 16.7 Å². The van der Waals surface area contributed by atoms with E-state index >= 15 is 0 Å². The first-order valence-electron chi connectivity index (χ1n) is 11.2. The number of carbonyl (C=O) groups is 1. The van der Waals surface area contributed by atoms with Gasteiger partial charge in [-0.25, -0.2) is 18.7 Å². The Balaban J connectivity index is 1.75. The molecule has 0 bridgehead atoms. The molecule has 0 radical (unpaired) electrons. The van der Waals surface area contributed by atoms with Gasteiger partial charge in [-0.3, -0.25) is 4.79 Å². The molecular formula is C25H26ClF2N5O2. The van der Waals surface area contributed by atoms with Crippen molar-refractivity contribution in [3.8, 4) is 17.1 Å². The molecule has 35 heavy (non-hydrogen) atoms. The normalized spacial score (nSPS) is 15.7. The van der Waals surface area contributed by atoms with Gasteiger partial charge < -0.3 is 21.1 Å². The van der Waals surface area contributed by atoms with E-state index in [4.69, 9.17) is 27.8 Å². The van der Waals surface area contributed by atoms with Crippen molar-refractivity contribution >= 4 is 23.3 Å². The lowest BCUT2D eigenvalue weighted by Gasteiger charge is -2.31. The summed E-state index contributed by atoms with van der Waals surface area (Å²) in [4.78, 5) is 23.2. The van der Waals surface area contributed by atoms with E-state index in [1.54, 1.807) is 12.1 Å². The molecule has 4 rings (SSSR count). The largest absolute Gasteiger partial charge is 0.467 e. The quantitative estimate of drug-likeness (QED) is 0.474. The number of nitrogen functional groups attached to an aromatic ring is 1. The minimum absolute atomic E-state index is 0.0274. The van der Waals surface area contributed by atoms with Crippen molar-refractivity contribution in [3.05, 3.63) is 69.9 Å². The molecule has 3 aromatic rings. The number of ether oxygens (including phenoxy) is 1. The molecular weight excluding hydrogens is 476 g/mol. The minimum atomic E-state index is -1.00. The van der Waals surface area contributed by atoms with Crippen LogP contribution in [0.5, 0.6) is 5.88 Å². The number of benzene rings is 2. The van der Waals surface area contributed by atoms with Crippen LogP contribution in [0.15, 0.2) is 36.5 Å². The van der Waals surface area contributed by atoms with Gasteiger partial charge in [-0.1, -0.05) is 23.7 Å². The van der Waals surface area contributed by atoms with Crippen molar-refractivity contribution in [3.63, 3.8) is 0 Å². The third-order valence-corrected chi connectivity index (χ3v) is 6.70. The molecule has 1 atom stereocenters. The molecule has 1 saturated heterocycles. The van der Waals surface area contributed by atoms with Gasteiger partial charge in [0.25, 0.3) is 5.88 Å². The maximum absolute atomic E-state index is 14.4. The van der Waals surface area contributed by atoms with Crippen LogP contribution < -0.4 is 16.2 Å². The second-order valence-corrected chi connectivity index (χ2v) is 9.05. The number of anilines is 1. The van der Waals surface area contributed by atoms with Crippen LogP contribution in [0.3, 0.4) is 0 Å². The lowest BCUT2D eigenvalue weighted by Crippen LogP contribution is -2.30. The summed E-state index contributed by atoms with van der Waals surface area (Å²) in [5.41, 5.74) is 13.9. The Morgan fingerprint density at radius 2 is 1.89 bits per heavy atom. The van der Waals surface area contributed by atoms with Crippen molar-refractivity contribution in [1.29, 1.82) is 0 Å². The zero-order chi connectivity index (χ0) is 25.3. The number of piperidine rings is 1. The number of nitrogens with zero attached hydrogens (tertiary/aromatic N) is 3. The molecule has 1 aliphatic rings. The maximum Gasteiger partial charge on any atom is 0.258 e. The van der Waals surface area contributed by atoms with E-state index in [1.165, 1.54) is 13.1 Å². The predicted molar refractivity (Wildman–Crippen MR) is 130 cm³/mol. The van der Waals surface area contributed by atoms with Gasteiger partial charge in [0.2, 0.25) is 5.91 Å². The van der Waals surface area contributed by atoms with Gasteiger partial charge in [0.1, 0.15) is 17.7 Å². The molecule has 0 aliphatic carbocycles. The topological polar surface area (TPSA) is 107 Å². The first-order chi connectivity index (χ1) is 16.7. The molecule has 2 heterocycles. The number of nitrogens with two attached hydrogens (primary N) is 2. The summed E-state index contributed by atoms with van der Waals surface area (Å²) in [6.45, 7) is 3.28. The van der Waals surface area contributed by atoms with Crippen molar-refractivity contribution in [2.24, 2.45) is 5.73 Å². The number of carbonyl (C=O) groups excluding carboxylic acids is 1. The van der Waals surface area contributed by atoms with Crippen LogP contribution >= 0.6 is 11.6 Å². The highest BCUT2D eigenvalue weighted by atomic mass is 35.5. The van der Waals surface area contributed by atoms with Crippen molar-refractivity contribution in [2.75, 3.05) is 25.9 Å². The van der Waals surface area contributed by atoms with E-state index in [-0.39, 0.29) is 28.2 Å². The zero-order valence-electron chi connectivity index (χ0n) is 19.4. The van der Waals surface area contributed by atoms with Crippen LogP contribution in [0, 0.1) is 11.6 Å². The molecule has 10 heteroatoms. The number of halogens is 3. The number of rotatable bonds is 6. The second kappa shape index (κ2) is 10.1. The highest BCUT2D eigenvalue weighted by molar-refractivity contribution is 6.31. The smallest absolute Gasteiger partial charge is 0.258 e. The Morgan fingerprint density at radius 1 is 1.20 bits per heavy atom. The van der Waals surface area contributed by atoms with Gasteiger partial charge in [-0.2, -0.15) is 0 Å². The molecule has 4 N–H and O–H groups in total. The molecule has 2 aromatic carbocycles. The molecule has 1 aliphatic heterocycles. The van der Waals surface area contributed by atoms with E-state index < -0.39 is 23.6 Å². The molecule has 1 amide bonds. The monoisotopic (exact) mass is 501 g/mol. The SMILES string of the molecule is CC(Oc1nc(-c2cccc(C(N)=O)c2C2CCN(C)CC2)cnc1N)c1c(F)ccc(F)c1Cl. The average Bonchev–Trinajstić information content (AvgIpc) is 2.83. The number of hydrogen-bond acceptors (Lipinski definition) is 6. The summed E-state index contributed by atoms with van der Waals surface area (Å²) in [6.07, 6.45) is 2.19. The fourth-order valence-electron chi connectivity index (χ4n) is 4.48. The van der Waals surface area contributed by atoms with E-state index in [9.17, 15) is 13.6 Å². The van der Waals surface area contributed by atoms with Crippen molar-refractivity contribution < 1.29 is 18.3 Å². The molecule has 0 spiro atoms. The summed E-state index contributed by atoms with van der Waals surface area (Å²) in [7, 11) is 2.06. The van der Waals surface area contributed by atoms with Gasteiger partial charge in [-0.05, 0) is 69.6 Å². The van der Waals surface area contributed by atoms with E-state index in [0.717, 1.165) is 43.6 Å². The van der Waals surface area contributed by atoms with Crippen molar-refractivity contribution in [1.82, 2.24) is 14.9 Å². The Morgan fingerprint density at radius 3 is 2.57 bits per heavy atom. The number of hydrogen-bond donors (Lipinski definition) is 2. The van der Waals surface area contributed by atoms with Gasteiger partial charge in [-0.15, -0.1) is 0 Å². The molecule has 1 aromatic heterocycles. The van der Waals surface area contributed by atoms with Crippen LogP contribution in [0.1, 0.15) is 53.3 Å². The number of primary amides is 1. The van der Waals surface area contributed by atoms with E-state index in [0.29, 0.717) is 16.8 Å². The highest BCUT2D eigenvalue weighted by Crippen LogP contribution is 2.38. The molecule has 0 saturated carbocycles. The predicted octanol–water partition coefficient (Wildman–Crippen LogP) is 4.71. The molecule has 1 fully saturated rings. The number of likely N-dealkylation sites (tertiary alicyclic amines) is 1. The first-order valence-corrected chi connectivity index (χ1v) is 11.6. The third kappa shape index (κ3) is 5.06. The fourth-order valence-corrected chi connectivity index (χ4v) is 4.79. The maximum atomic E-state index is 14.4. The standard InChI is InChI=1S/C25H26ClF2N5O2/c1-13(20-17(27)6-7-18(28)22(20)26)35-25-23(29)31-12-19(32-25)15-4-3-5-16(24(30)34)21(15)14-8-10-33(2)11-9-14/h3-7,12-14H,8-11H2,1-2H3,(H2,29,31)(H2,30,34). The van der Waals surface area contributed by atoms with Crippen LogP contribution in [-0.2, 0) is 0 Å². The third-order valence-electron chi connectivity index (χ3n) is 6.32. The Hall–Kier alpha value is -3.30. The lowest BCUT2D eigenvalue weighted by atomic mass is 9.82. The van der Waals surface area contributed by atoms with E-state index in [2.05, 4.69) is 21.9 Å². The highest BCUT2D eigenvalue weighted by Gasteiger charge is 2.27. The lowest BCUT2D eigenvalue weighted by molar-refractivity contribution is 0.0998. The molecule has 7 nitrogen and oxygen atoms in total. The summed E-state index contributed by atoms with van der Waals surface area (Å²) < 4.78 is 34.1. The van der Waals surface area contributed by atoms with Gasteiger partial charge >= 0.3 is 0 Å². The Bertz CT molecular complexity index is 1260. The second-order valence-electron chi connectivity index (χ2n) is 8.67. The Labute approximate surface area is 207 Å². The van der Waals surface area contributed by atoms with E-state index in [1.807, 2.05) is 6.07 Å². The summed E-state index contributed by atoms with van der Waals surface area (Å²) in [6, 6.07) is 7.20. The van der Waals surface area contributed by atoms with Crippen LogP contribution in [0.4, 0.5) is 14.6 Å². The summed E-state index contributed by atoms with van der Waals surface area (Å²) in [5, 5.41) is -0.376. The molecule has 1 unspecified atom stereocenters. The van der Waals surface area contributed by atoms with Gasteiger partial charge in [0.05, 0.1) is 16.9 Å². The van der Waals surface area contributed by atoms with Gasteiger partial charge in [0.15, 0.2) is 5.82 Å².